The predicted octanol–water partition coefficient (Wildman–Crippen LogP) is 4.51. The Morgan fingerprint density at radius 1 is 1.08 bits per heavy atom. The van der Waals surface area contributed by atoms with Crippen LogP contribution in [0.25, 0.3) is 0 Å². The smallest absolute Gasteiger partial charge is 0.273 e. The summed E-state index contributed by atoms with van der Waals surface area (Å²) in [6.07, 6.45) is 1.36. The molecule has 0 saturated carbocycles. The van der Waals surface area contributed by atoms with Crippen molar-refractivity contribution in [1.29, 1.82) is 0 Å². The third-order valence-electron chi connectivity index (χ3n) is 5.49. The first kappa shape index (κ1) is 27.0. The van der Waals surface area contributed by atoms with Gasteiger partial charge in [-0.1, -0.05) is 29.8 Å². The maximum atomic E-state index is 13.5. The van der Waals surface area contributed by atoms with Crippen LogP contribution < -0.4 is 14.4 Å². The third kappa shape index (κ3) is 6.73. The van der Waals surface area contributed by atoms with E-state index in [1.165, 1.54) is 38.3 Å². The van der Waals surface area contributed by atoms with E-state index in [4.69, 9.17) is 16.3 Å². The lowest BCUT2D eigenvalue weighted by molar-refractivity contribution is -0.385. The molecule has 0 aliphatic rings. The molecule has 3 aromatic carbocycles. The van der Waals surface area contributed by atoms with E-state index in [0.29, 0.717) is 35.7 Å². The van der Waals surface area contributed by atoms with Crippen molar-refractivity contribution in [2.24, 2.45) is 0 Å². The summed E-state index contributed by atoms with van der Waals surface area (Å²) in [4.78, 5) is 23.2. The average molecular weight is 532 g/mol. The van der Waals surface area contributed by atoms with Crippen LogP contribution in [0.3, 0.4) is 0 Å². The van der Waals surface area contributed by atoms with Crippen molar-refractivity contribution in [3.63, 3.8) is 0 Å². The molecule has 9 nitrogen and oxygen atoms in total. The number of nitro groups is 1. The standard InChI is InChI=1S/C25H26ClN3O6S/c1-18-5-14-23(16-24(18)29(31)32)36(33,34)28(21-10-12-22(35-2)13-11-21)17-25(30)27-15-3-4-19-6-8-20(26)9-7-19/h5-14,16H,3-4,15,17H2,1-2H3,(H,27,30). The molecule has 1 amide bonds. The van der Waals surface area contributed by atoms with Gasteiger partial charge >= 0.3 is 0 Å². The summed E-state index contributed by atoms with van der Waals surface area (Å²) in [5, 5.41) is 14.8. The highest BCUT2D eigenvalue weighted by Crippen LogP contribution is 2.29. The Hall–Kier alpha value is -3.63. The molecular weight excluding hydrogens is 506 g/mol. The molecule has 0 heterocycles. The monoisotopic (exact) mass is 531 g/mol. The van der Waals surface area contributed by atoms with Crippen molar-refractivity contribution in [3.8, 4) is 5.75 Å². The van der Waals surface area contributed by atoms with Crippen molar-refractivity contribution in [1.82, 2.24) is 5.32 Å². The molecule has 0 aliphatic carbocycles. The molecule has 190 valence electrons. The van der Waals surface area contributed by atoms with Crippen LogP contribution in [0.5, 0.6) is 5.75 Å². The van der Waals surface area contributed by atoms with Gasteiger partial charge in [0.25, 0.3) is 15.7 Å². The largest absolute Gasteiger partial charge is 0.497 e. The normalized spacial score (nSPS) is 11.1. The van der Waals surface area contributed by atoms with Crippen LogP contribution in [-0.4, -0.2) is 39.4 Å². The Morgan fingerprint density at radius 3 is 2.36 bits per heavy atom. The summed E-state index contributed by atoms with van der Waals surface area (Å²) in [7, 11) is -2.83. The topological polar surface area (TPSA) is 119 Å². The summed E-state index contributed by atoms with van der Waals surface area (Å²) in [5.74, 6) is 0.000772. The Labute approximate surface area is 214 Å². The second-order valence-electron chi connectivity index (χ2n) is 8.00. The number of nitro benzene ring substituents is 1. The van der Waals surface area contributed by atoms with E-state index in [1.807, 2.05) is 12.1 Å². The minimum absolute atomic E-state index is 0.218. The molecule has 3 rings (SSSR count). The van der Waals surface area contributed by atoms with Crippen LogP contribution in [0, 0.1) is 17.0 Å². The fraction of sp³-hybridized carbons (Fsp3) is 0.240. The van der Waals surface area contributed by atoms with Crippen LogP contribution in [0.15, 0.2) is 71.6 Å². The Bertz CT molecular complexity index is 1330. The second-order valence-corrected chi connectivity index (χ2v) is 10.3. The highest BCUT2D eigenvalue weighted by molar-refractivity contribution is 7.92. The van der Waals surface area contributed by atoms with Gasteiger partial charge in [-0.3, -0.25) is 19.2 Å². The molecule has 0 atom stereocenters. The molecule has 0 bridgehead atoms. The van der Waals surface area contributed by atoms with Gasteiger partial charge in [-0.25, -0.2) is 8.42 Å². The SMILES string of the molecule is COc1ccc(N(CC(=O)NCCCc2ccc(Cl)cc2)S(=O)(=O)c2ccc(C)c([N+](=O)[O-])c2)cc1. The number of carbonyl (C=O) groups excluding carboxylic acids is 1. The molecule has 0 spiro atoms. The minimum atomic E-state index is -4.30. The first-order valence-corrected chi connectivity index (χ1v) is 12.9. The number of hydrogen-bond acceptors (Lipinski definition) is 6. The lowest BCUT2D eigenvalue weighted by Gasteiger charge is -2.24. The van der Waals surface area contributed by atoms with E-state index < -0.39 is 27.4 Å². The van der Waals surface area contributed by atoms with E-state index >= 15 is 0 Å². The quantitative estimate of drug-likeness (QED) is 0.221. The highest BCUT2D eigenvalue weighted by Gasteiger charge is 2.29. The Kier molecular flexibility index (Phi) is 8.89. The molecule has 0 fully saturated rings. The van der Waals surface area contributed by atoms with Crippen molar-refractivity contribution < 1.29 is 22.9 Å². The number of amides is 1. The number of sulfonamides is 1. The summed E-state index contributed by atoms with van der Waals surface area (Å²) in [6, 6.07) is 17.2. The number of nitrogens with zero attached hydrogens (tertiary/aromatic N) is 2. The number of benzene rings is 3. The van der Waals surface area contributed by atoms with Crippen molar-refractivity contribution in [3.05, 3.63) is 93.0 Å². The van der Waals surface area contributed by atoms with Crippen LogP contribution >= 0.6 is 11.6 Å². The zero-order valence-electron chi connectivity index (χ0n) is 19.8. The number of carbonyl (C=O) groups is 1. The van der Waals surface area contributed by atoms with Gasteiger partial charge in [0.15, 0.2) is 0 Å². The van der Waals surface area contributed by atoms with E-state index in [0.717, 1.165) is 15.9 Å². The summed E-state index contributed by atoms with van der Waals surface area (Å²) in [6.45, 7) is 1.36. The number of halogens is 1. The van der Waals surface area contributed by atoms with E-state index in [-0.39, 0.29) is 16.3 Å². The van der Waals surface area contributed by atoms with Gasteiger partial charge in [0.05, 0.1) is 22.6 Å². The fourth-order valence-electron chi connectivity index (χ4n) is 3.49. The van der Waals surface area contributed by atoms with Gasteiger partial charge in [-0.2, -0.15) is 0 Å². The predicted molar refractivity (Wildman–Crippen MR) is 138 cm³/mol. The third-order valence-corrected chi connectivity index (χ3v) is 7.51. The Balaban J connectivity index is 1.79. The lowest BCUT2D eigenvalue weighted by Crippen LogP contribution is -2.41. The lowest BCUT2D eigenvalue weighted by atomic mass is 10.1. The van der Waals surface area contributed by atoms with Crippen molar-refractivity contribution in [2.45, 2.75) is 24.7 Å². The highest BCUT2D eigenvalue weighted by atomic mass is 35.5. The maximum Gasteiger partial charge on any atom is 0.273 e. The van der Waals surface area contributed by atoms with Crippen molar-refractivity contribution >= 4 is 38.9 Å². The van der Waals surface area contributed by atoms with Gasteiger partial charge < -0.3 is 10.1 Å². The van der Waals surface area contributed by atoms with Gasteiger partial charge in [0.2, 0.25) is 5.91 Å². The van der Waals surface area contributed by atoms with Gasteiger partial charge in [0.1, 0.15) is 12.3 Å². The van der Waals surface area contributed by atoms with E-state index in [2.05, 4.69) is 5.32 Å². The molecule has 36 heavy (non-hydrogen) atoms. The number of aryl methyl sites for hydroxylation is 2. The van der Waals surface area contributed by atoms with E-state index in [1.54, 1.807) is 24.3 Å². The van der Waals surface area contributed by atoms with Crippen LogP contribution in [0.1, 0.15) is 17.5 Å². The average Bonchev–Trinajstić information content (AvgIpc) is 2.86. The number of ether oxygens (including phenoxy) is 1. The van der Waals surface area contributed by atoms with Gasteiger partial charge in [0, 0.05) is 23.2 Å². The van der Waals surface area contributed by atoms with Crippen LogP contribution in [-0.2, 0) is 21.2 Å². The van der Waals surface area contributed by atoms with Gasteiger partial charge in [-0.05, 0) is 67.8 Å². The molecule has 0 radical (unpaired) electrons. The zero-order chi connectivity index (χ0) is 26.3. The number of methoxy groups -OCH3 is 1. The fourth-order valence-corrected chi connectivity index (χ4v) is 5.06. The maximum absolute atomic E-state index is 13.5. The van der Waals surface area contributed by atoms with Crippen LogP contribution in [0.4, 0.5) is 11.4 Å². The summed E-state index contributed by atoms with van der Waals surface area (Å²) in [5.41, 5.74) is 1.29. The molecule has 0 saturated heterocycles. The minimum Gasteiger partial charge on any atom is -0.497 e. The number of rotatable bonds is 11. The first-order chi connectivity index (χ1) is 17.1. The molecular formula is C25H26ClN3O6S. The first-order valence-electron chi connectivity index (χ1n) is 11.0. The number of hydrogen-bond donors (Lipinski definition) is 1. The number of anilines is 1. The molecule has 3 aromatic rings. The van der Waals surface area contributed by atoms with Gasteiger partial charge in [-0.15, -0.1) is 0 Å². The molecule has 11 heteroatoms. The molecule has 0 aliphatic heterocycles. The molecule has 0 unspecified atom stereocenters. The number of nitrogens with one attached hydrogen (secondary N) is 1. The molecule has 0 aromatic heterocycles. The molecule has 1 N–H and O–H groups in total. The summed E-state index contributed by atoms with van der Waals surface area (Å²) < 4.78 is 33.1. The second kappa shape index (κ2) is 11.9. The zero-order valence-corrected chi connectivity index (χ0v) is 21.4. The summed E-state index contributed by atoms with van der Waals surface area (Å²) >= 11 is 5.89. The van der Waals surface area contributed by atoms with E-state index in [9.17, 15) is 23.3 Å². The van der Waals surface area contributed by atoms with Crippen molar-refractivity contribution in [2.75, 3.05) is 24.5 Å². The van der Waals surface area contributed by atoms with Crippen LogP contribution in [0.2, 0.25) is 5.02 Å². The Morgan fingerprint density at radius 2 is 1.75 bits per heavy atom.